The molecule has 0 radical (unpaired) electrons. The van der Waals surface area contributed by atoms with Crippen molar-refractivity contribution >= 4 is 5.82 Å². The number of nitrogens with one attached hydrogen (secondary N) is 1. The first-order chi connectivity index (χ1) is 6.70. The summed E-state index contributed by atoms with van der Waals surface area (Å²) in [7, 11) is 0. The number of nitrogens with two attached hydrogens (primary N) is 1. The molecule has 1 aliphatic carbocycles. The first-order valence-electron chi connectivity index (χ1n) is 4.60. The van der Waals surface area contributed by atoms with Crippen molar-refractivity contribution in [3.63, 3.8) is 0 Å². The van der Waals surface area contributed by atoms with Crippen LogP contribution in [0.5, 0.6) is 0 Å². The number of aryl methyl sites for hydroxylation is 1. The lowest BCUT2D eigenvalue weighted by atomic mass is 10.2. The van der Waals surface area contributed by atoms with Crippen molar-refractivity contribution in [2.75, 3.05) is 5.32 Å². The molecular weight excluding hydrogens is 176 g/mol. The second kappa shape index (κ2) is 3.28. The van der Waals surface area contributed by atoms with Crippen LogP contribution in [0.25, 0.3) is 0 Å². The van der Waals surface area contributed by atoms with Crippen LogP contribution < -0.4 is 11.1 Å². The lowest BCUT2D eigenvalue weighted by Crippen LogP contribution is -2.15. The Labute approximate surface area is 82.8 Å². The van der Waals surface area contributed by atoms with E-state index in [9.17, 15) is 0 Å². The first kappa shape index (κ1) is 8.97. The molecule has 1 aliphatic rings. The van der Waals surface area contributed by atoms with Crippen molar-refractivity contribution in [3.05, 3.63) is 23.4 Å². The Morgan fingerprint density at radius 3 is 2.93 bits per heavy atom. The molecule has 1 heterocycles. The lowest BCUT2D eigenvalue weighted by Gasteiger charge is -2.06. The summed E-state index contributed by atoms with van der Waals surface area (Å²) in [6.45, 7) is 1.90. The molecule has 0 aromatic carbocycles. The lowest BCUT2D eigenvalue weighted by molar-refractivity contribution is 0.990. The minimum absolute atomic E-state index is 0.212. The fraction of sp³-hybridized carbons (Fsp3) is 0.400. The molecule has 3 N–H and O–H groups in total. The molecule has 0 saturated heterocycles. The number of anilines is 1. The van der Waals surface area contributed by atoms with Gasteiger partial charge in [-0.15, -0.1) is 0 Å². The topological polar surface area (TPSA) is 74.7 Å². The van der Waals surface area contributed by atoms with Gasteiger partial charge in [0.1, 0.15) is 11.9 Å². The zero-order chi connectivity index (χ0) is 10.1. The molecule has 1 aromatic heterocycles. The Morgan fingerprint density at radius 1 is 1.64 bits per heavy atom. The monoisotopic (exact) mass is 188 g/mol. The van der Waals surface area contributed by atoms with E-state index in [0.717, 1.165) is 12.1 Å². The van der Waals surface area contributed by atoms with Crippen LogP contribution in [0.1, 0.15) is 17.7 Å². The van der Waals surface area contributed by atoms with Gasteiger partial charge in [0.25, 0.3) is 0 Å². The molecule has 0 spiro atoms. The number of hydrogen-bond donors (Lipinski definition) is 2. The van der Waals surface area contributed by atoms with Gasteiger partial charge in [0.05, 0.1) is 5.56 Å². The first-order valence-corrected chi connectivity index (χ1v) is 4.60. The third kappa shape index (κ3) is 1.68. The van der Waals surface area contributed by atoms with Crippen LogP contribution >= 0.6 is 0 Å². The average molecular weight is 188 g/mol. The molecule has 1 saturated carbocycles. The van der Waals surface area contributed by atoms with Crippen LogP contribution in [-0.2, 0) is 0 Å². The number of nitriles is 1. The quantitative estimate of drug-likeness (QED) is 0.719. The summed E-state index contributed by atoms with van der Waals surface area (Å²) in [5, 5.41) is 12.0. The van der Waals surface area contributed by atoms with Gasteiger partial charge >= 0.3 is 0 Å². The Kier molecular flexibility index (Phi) is 2.10. The van der Waals surface area contributed by atoms with Gasteiger partial charge in [0, 0.05) is 17.8 Å². The van der Waals surface area contributed by atoms with Crippen molar-refractivity contribution in [2.24, 2.45) is 5.73 Å². The SMILES string of the molecule is Cc1ccc(C#N)c(NC2CC2N)n1. The van der Waals surface area contributed by atoms with Crippen LogP contribution in [0.2, 0.25) is 0 Å². The summed E-state index contributed by atoms with van der Waals surface area (Å²) in [4.78, 5) is 4.27. The van der Waals surface area contributed by atoms with E-state index in [2.05, 4.69) is 16.4 Å². The minimum Gasteiger partial charge on any atom is -0.365 e. The van der Waals surface area contributed by atoms with Crippen molar-refractivity contribution in [1.29, 1.82) is 5.26 Å². The van der Waals surface area contributed by atoms with Crippen LogP contribution in [0.3, 0.4) is 0 Å². The fourth-order valence-electron chi connectivity index (χ4n) is 1.31. The predicted molar refractivity (Wildman–Crippen MR) is 53.7 cm³/mol. The number of pyridine rings is 1. The Hall–Kier alpha value is -1.60. The molecule has 4 nitrogen and oxygen atoms in total. The van der Waals surface area contributed by atoms with E-state index in [1.54, 1.807) is 6.07 Å². The Balaban J connectivity index is 2.22. The number of hydrogen-bond acceptors (Lipinski definition) is 4. The highest BCUT2D eigenvalue weighted by Gasteiger charge is 2.34. The fourth-order valence-corrected chi connectivity index (χ4v) is 1.31. The molecule has 4 heteroatoms. The normalized spacial score (nSPS) is 24.1. The van der Waals surface area contributed by atoms with Crippen molar-refractivity contribution in [1.82, 2.24) is 4.98 Å². The van der Waals surface area contributed by atoms with Crippen molar-refractivity contribution in [2.45, 2.75) is 25.4 Å². The largest absolute Gasteiger partial charge is 0.365 e. The highest BCUT2D eigenvalue weighted by atomic mass is 15.1. The summed E-state index contributed by atoms with van der Waals surface area (Å²) < 4.78 is 0. The Bertz CT molecular complexity index is 394. The van der Waals surface area contributed by atoms with Gasteiger partial charge in [-0.25, -0.2) is 4.98 Å². The van der Waals surface area contributed by atoms with Gasteiger partial charge in [0.2, 0.25) is 0 Å². The van der Waals surface area contributed by atoms with E-state index in [-0.39, 0.29) is 12.1 Å². The maximum absolute atomic E-state index is 8.85. The maximum Gasteiger partial charge on any atom is 0.144 e. The summed E-state index contributed by atoms with van der Waals surface area (Å²) >= 11 is 0. The Morgan fingerprint density at radius 2 is 2.36 bits per heavy atom. The van der Waals surface area contributed by atoms with Crippen molar-refractivity contribution < 1.29 is 0 Å². The second-order valence-electron chi connectivity index (χ2n) is 3.61. The molecule has 1 fully saturated rings. The van der Waals surface area contributed by atoms with E-state index in [1.165, 1.54) is 0 Å². The molecule has 2 atom stereocenters. The van der Waals surface area contributed by atoms with Gasteiger partial charge in [-0.2, -0.15) is 5.26 Å². The van der Waals surface area contributed by atoms with Gasteiger partial charge < -0.3 is 11.1 Å². The van der Waals surface area contributed by atoms with E-state index in [1.807, 2.05) is 13.0 Å². The number of nitrogens with zero attached hydrogens (tertiary/aromatic N) is 2. The van der Waals surface area contributed by atoms with E-state index < -0.39 is 0 Å². The number of aromatic nitrogens is 1. The molecule has 0 amide bonds. The zero-order valence-corrected chi connectivity index (χ0v) is 7.99. The molecule has 1 aromatic rings. The van der Waals surface area contributed by atoms with E-state index in [4.69, 9.17) is 11.0 Å². The third-order valence-corrected chi connectivity index (χ3v) is 2.32. The smallest absolute Gasteiger partial charge is 0.144 e. The third-order valence-electron chi connectivity index (χ3n) is 2.32. The summed E-state index contributed by atoms with van der Waals surface area (Å²) in [5.41, 5.74) is 7.15. The maximum atomic E-state index is 8.85. The van der Waals surface area contributed by atoms with Crippen LogP contribution in [0.15, 0.2) is 12.1 Å². The standard InChI is InChI=1S/C10H12N4/c1-6-2-3-7(5-11)10(13-6)14-9-4-8(9)12/h2-3,8-9H,4,12H2,1H3,(H,13,14). The predicted octanol–water partition coefficient (Wildman–Crippen LogP) is 0.773. The summed E-state index contributed by atoms with van der Waals surface area (Å²) in [5.74, 6) is 0.658. The molecule has 2 rings (SSSR count). The van der Waals surface area contributed by atoms with E-state index >= 15 is 0 Å². The summed E-state index contributed by atoms with van der Waals surface area (Å²) in [6.07, 6.45) is 0.959. The molecule has 2 unspecified atom stereocenters. The highest BCUT2D eigenvalue weighted by Crippen LogP contribution is 2.24. The molecule has 14 heavy (non-hydrogen) atoms. The van der Waals surface area contributed by atoms with Gasteiger partial charge in [-0.3, -0.25) is 0 Å². The van der Waals surface area contributed by atoms with Gasteiger partial charge in [-0.1, -0.05) is 0 Å². The average Bonchev–Trinajstić information content (AvgIpc) is 2.82. The zero-order valence-electron chi connectivity index (χ0n) is 7.99. The van der Waals surface area contributed by atoms with Crippen LogP contribution in [0.4, 0.5) is 5.82 Å². The van der Waals surface area contributed by atoms with Gasteiger partial charge in [0.15, 0.2) is 0 Å². The number of rotatable bonds is 2. The van der Waals surface area contributed by atoms with Gasteiger partial charge in [-0.05, 0) is 25.5 Å². The van der Waals surface area contributed by atoms with E-state index in [0.29, 0.717) is 11.4 Å². The molecular formula is C10H12N4. The van der Waals surface area contributed by atoms with Crippen molar-refractivity contribution in [3.8, 4) is 6.07 Å². The molecule has 0 aliphatic heterocycles. The second-order valence-corrected chi connectivity index (χ2v) is 3.61. The molecule has 72 valence electrons. The summed E-state index contributed by atoms with van der Waals surface area (Å²) in [6, 6.07) is 6.21. The van der Waals surface area contributed by atoms with Crippen LogP contribution in [0, 0.1) is 18.3 Å². The molecule has 0 bridgehead atoms. The highest BCUT2D eigenvalue weighted by molar-refractivity contribution is 5.53. The van der Waals surface area contributed by atoms with Crippen LogP contribution in [-0.4, -0.2) is 17.1 Å². The minimum atomic E-state index is 0.212.